The monoisotopic (exact) mass is 343 g/mol. The van der Waals surface area contributed by atoms with Gasteiger partial charge in [-0.1, -0.05) is 42.5 Å². The van der Waals surface area contributed by atoms with Gasteiger partial charge in [-0.05, 0) is 16.3 Å². The predicted molar refractivity (Wildman–Crippen MR) is 92.8 cm³/mol. The number of hydrogen-bond acceptors (Lipinski definition) is 4. The summed E-state index contributed by atoms with van der Waals surface area (Å²) >= 11 is 0. The SMILES string of the molecule is CNC(=O)[C@H](Cc1cccc2ccccc12)NC(=O)CCC(=O)NO. The van der Waals surface area contributed by atoms with Gasteiger partial charge in [0.15, 0.2) is 0 Å². The highest BCUT2D eigenvalue weighted by molar-refractivity contribution is 5.91. The molecule has 4 N–H and O–H groups in total. The Balaban J connectivity index is 2.13. The van der Waals surface area contributed by atoms with Gasteiger partial charge in [0.05, 0.1) is 0 Å². The molecule has 0 heterocycles. The van der Waals surface area contributed by atoms with Crippen molar-refractivity contribution < 1.29 is 19.6 Å². The minimum atomic E-state index is -0.750. The number of rotatable bonds is 7. The fourth-order valence-corrected chi connectivity index (χ4v) is 2.62. The molecule has 0 spiro atoms. The van der Waals surface area contributed by atoms with Crippen LogP contribution in [-0.4, -0.2) is 36.0 Å². The number of benzene rings is 2. The summed E-state index contributed by atoms with van der Waals surface area (Å²) in [6, 6.07) is 12.9. The second kappa shape index (κ2) is 8.79. The Morgan fingerprint density at radius 2 is 1.68 bits per heavy atom. The predicted octanol–water partition coefficient (Wildman–Crippen LogP) is 0.899. The molecule has 3 amide bonds. The van der Waals surface area contributed by atoms with Crippen LogP contribution in [0.1, 0.15) is 18.4 Å². The maximum absolute atomic E-state index is 12.1. The average Bonchev–Trinajstić information content (AvgIpc) is 2.65. The Labute approximate surface area is 145 Å². The fourth-order valence-electron chi connectivity index (χ4n) is 2.62. The van der Waals surface area contributed by atoms with Gasteiger partial charge in [0.1, 0.15) is 6.04 Å². The van der Waals surface area contributed by atoms with Gasteiger partial charge < -0.3 is 10.6 Å². The molecule has 0 aliphatic carbocycles. The highest BCUT2D eigenvalue weighted by Gasteiger charge is 2.21. The van der Waals surface area contributed by atoms with E-state index >= 15 is 0 Å². The van der Waals surface area contributed by atoms with E-state index in [1.807, 2.05) is 42.5 Å². The molecular formula is C18H21N3O4. The molecular weight excluding hydrogens is 322 g/mol. The van der Waals surface area contributed by atoms with Crippen LogP contribution in [0, 0.1) is 0 Å². The zero-order chi connectivity index (χ0) is 18.2. The summed E-state index contributed by atoms with van der Waals surface area (Å²) < 4.78 is 0. The molecule has 7 nitrogen and oxygen atoms in total. The Kier molecular flexibility index (Phi) is 6.47. The van der Waals surface area contributed by atoms with Crippen LogP contribution in [0.4, 0.5) is 0 Å². The lowest BCUT2D eigenvalue weighted by Gasteiger charge is -2.18. The third-order valence-electron chi connectivity index (χ3n) is 3.91. The molecule has 0 aliphatic heterocycles. The van der Waals surface area contributed by atoms with Gasteiger partial charge in [0, 0.05) is 26.3 Å². The number of hydroxylamine groups is 1. The van der Waals surface area contributed by atoms with E-state index in [-0.39, 0.29) is 18.7 Å². The Bertz CT molecular complexity index is 771. The number of likely N-dealkylation sites (N-methyl/N-ethyl adjacent to an activating group) is 1. The standard InChI is InChI=1S/C18H21N3O4/c1-19-18(24)15(20-16(22)9-10-17(23)21-25)11-13-7-4-6-12-5-2-3-8-14(12)13/h2-8,15,25H,9-11H2,1H3,(H,19,24)(H,20,22)(H,21,23)/t15-/m0/s1. The third kappa shape index (κ3) is 5.02. The topological polar surface area (TPSA) is 108 Å². The lowest BCUT2D eigenvalue weighted by Crippen LogP contribution is -2.47. The first-order valence-corrected chi connectivity index (χ1v) is 7.95. The molecule has 0 bridgehead atoms. The van der Waals surface area contributed by atoms with Crippen LogP contribution < -0.4 is 16.1 Å². The van der Waals surface area contributed by atoms with Crippen molar-refractivity contribution >= 4 is 28.5 Å². The Hall–Kier alpha value is -2.93. The van der Waals surface area contributed by atoms with Crippen molar-refractivity contribution in [3.63, 3.8) is 0 Å². The molecule has 132 valence electrons. The highest BCUT2D eigenvalue weighted by Crippen LogP contribution is 2.20. The fraction of sp³-hybridized carbons (Fsp3) is 0.278. The van der Waals surface area contributed by atoms with E-state index in [0.29, 0.717) is 6.42 Å². The van der Waals surface area contributed by atoms with E-state index in [2.05, 4.69) is 10.6 Å². The first-order valence-electron chi connectivity index (χ1n) is 7.95. The van der Waals surface area contributed by atoms with Crippen molar-refractivity contribution in [1.82, 2.24) is 16.1 Å². The van der Waals surface area contributed by atoms with Crippen LogP contribution >= 0.6 is 0 Å². The zero-order valence-corrected chi connectivity index (χ0v) is 13.9. The molecule has 7 heteroatoms. The van der Waals surface area contributed by atoms with Crippen molar-refractivity contribution in [1.29, 1.82) is 0 Å². The quantitative estimate of drug-likeness (QED) is 0.442. The molecule has 1 atom stereocenters. The molecule has 25 heavy (non-hydrogen) atoms. The van der Waals surface area contributed by atoms with Gasteiger partial charge in [0.2, 0.25) is 17.7 Å². The summed E-state index contributed by atoms with van der Waals surface area (Å²) in [5.74, 6) is -1.40. The summed E-state index contributed by atoms with van der Waals surface area (Å²) in [6.45, 7) is 0. The molecule has 0 unspecified atom stereocenters. The van der Waals surface area contributed by atoms with E-state index < -0.39 is 17.9 Å². The molecule has 2 aromatic carbocycles. The lowest BCUT2D eigenvalue weighted by molar-refractivity contribution is -0.132. The van der Waals surface area contributed by atoms with Gasteiger partial charge >= 0.3 is 0 Å². The van der Waals surface area contributed by atoms with E-state index in [4.69, 9.17) is 5.21 Å². The first-order chi connectivity index (χ1) is 12.0. The number of nitrogens with one attached hydrogen (secondary N) is 3. The van der Waals surface area contributed by atoms with Crippen LogP contribution in [-0.2, 0) is 20.8 Å². The second-order valence-corrected chi connectivity index (χ2v) is 5.61. The van der Waals surface area contributed by atoms with Crippen LogP contribution in [0.3, 0.4) is 0 Å². The second-order valence-electron chi connectivity index (χ2n) is 5.61. The summed E-state index contributed by atoms with van der Waals surface area (Å²) in [5, 5.41) is 15.7. The largest absolute Gasteiger partial charge is 0.357 e. The van der Waals surface area contributed by atoms with Crippen molar-refractivity contribution in [2.75, 3.05) is 7.05 Å². The molecule has 2 rings (SSSR count). The Morgan fingerprint density at radius 1 is 1.00 bits per heavy atom. The summed E-state index contributed by atoms with van der Waals surface area (Å²) in [7, 11) is 1.50. The van der Waals surface area contributed by atoms with E-state index in [1.165, 1.54) is 12.5 Å². The van der Waals surface area contributed by atoms with Crippen LogP contribution in [0.15, 0.2) is 42.5 Å². The smallest absolute Gasteiger partial charge is 0.243 e. The first kappa shape index (κ1) is 18.4. The van der Waals surface area contributed by atoms with E-state index in [1.54, 1.807) is 0 Å². The van der Waals surface area contributed by atoms with Gasteiger partial charge in [-0.15, -0.1) is 0 Å². The van der Waals surface area contributed by atoms with Crippen molar-refractivity contribution in [2.45, 2.75) is 25.3 Å². The molecule has 0 radical (unpaired) electrons. The minimum absolute atomic E-state index is 0.116. The molecule has 2 aromatic rings. The van der Waals surface area contributed by atoms with Gasteiger partial charge in [0.25, 0.3) is 0 Å². The number of fused-ring (bicyclic) bond motifs is 1. The number of amides is 3. The molecule has 0 aromatic heterocycles. The molecule has 0 aliphatic rings. The summed E-state index contributed by atoms with van der Waals surface area (Å²) in [5.41, 5.74) is 2.41. The van der Waals surface area contributed by atoms with Crippen molar-refractivity contribution in [3.8, 4) is 0 Å². The van der Waals surface area contributed by atoms with Gasteiger partial charge in [-0.3, -0.25) is 19.6 Å². The molecule has 0 saturated carbocycles. The van der Waals surface area contributed by atoms with Gasteiger partial charge in [-0.2, -0.15) is 0 Å². The zero-order valence-electron chi connectivity index (χ0n) is 13.9. The molecule has 0 saturated heterocycles. The van der Waals surface area contributed by atoms with Crippen molar-refractivity contribution in [3.05, 3.63) is 48.0 Å². The maximum atomic E-state index is 12.1. The average molecular weight is 343 g/mol. The number of carbonyl (C=O) groups is 3. The third-order valence-corrected chi connectivity index (χ3v) is 3.91. The maximum Gasteiger partial charge on any atom is 0.243 e. The summed E-state index contributed by atoms with van der Waals surface area (Å²) in [4.78, 5) is 35.1. The van der Waals surface area contributed by atoms with Crippen LogP contribution in [0.5, 0.6) is 0 Å². The minimum Gasteiger partial charge on any atom is -0.357 e. The Morgan fingerprint density at radius 3 is 2.40 bits per heavy atom. The van der Waals surface area contributed by atoms with Crippen LogP contribution in [0.25, 0.3) is 10.8 Å². The van der Waals surface area contributed by atoms with E-state index in [9.17, 15) is 14.4 Å². The van der Waals surface area contributed by atoms with Crippen molar-refractivity contribution in [2.24, 2.45) is 0 Å². The number of hydrogen-bond donors (Lipinski definition) is 4. The number of carbonyl (C=O) groups excluding carboxylic acids is 3. The van der Waals surface area contributed by atoms with Gasteiger partial charge in [-0.25, -0.2) is 5.48 Å². The normalized spacial score (nSPS) is 11.6. The summed E-state index contributed by atoms with van der Waals surface area (Å²) in [6.07, 6.45) is 0.0610. The lowest BCUT2D eigenvalue weighted by atomic mass is 9.98. The molecule has 0 fully saturated rings. The highest BCUT2D eigenvalue weighted by atomic mass is 16.5. The van der Waals surface area contributed by atoms with E-state index in [0.717, 1.165) is 16.3 Å². The van der Waals surface area contributed by atoms with Crippen LogP contribution in [0.2, 0.25) is 0 Å².